The number of hydrogen-bond donors (Lipinski definition) is 3. The summed E-state index contributed by atoms with van der Waals surface area (Å²) in [6.07, 6.45) is 40.8. The number of unbranched alkanes of at least 4 members (excludes halogenated alkanes) is 19. The van der Waals surface area contributed by atoms with Gasteiger partial charge in [-0.25, -0.2) is 0 Å². The molecule has 0 aliphatic carbocycles. The molecule has 40 heavy (non-hydrogen) atoms. The van der Waals surface area contributed by atoms with Crippen molar-refractivity contribution in [3.05, 3.63) is 36.5 Å². The van der Waals surface area contributed by atoms with Crippen LogP contribution in [0.15, 0.2) is 36.5 Å². The summed E-state index contributed by atoms with van der Waals surface area (Å²) in [7, 11) is 0. The minimum atomic E-state index is -0.861. The first-order valence-corrected chi connectivity index (χ1v) is 17.2. The van der Waals surface area contributed by atoms with E-state index in [9.17, 15) is 15.0 Å². The highest BCUT2D eigenvalue weighted by molar-refractivity contribution is 5.76. The highest BCUT2D eigenvalue weighted by Gasteiger charge is 2.17. The molecule has 0 aliphatic heterocycles. The van der Waals surface area contributed by atoms with Crippen LogP contribution in [0.2, 0.25) is 0 Å². The van der Waals surface area contributed by atoms with Crippen LogP contribution in [-0.2, 0) is 4.79 Å². The second kappa shape index (κ2) is 32.1. The van der Waals surface area contributed by atoms with E-state index in [0.29, 0.717) is 6.42 Å². The van der Waals surface area contributed by atoms with Gasteiger partial charge in [0.05, 0.1) is 18.8 Å². The molecule has 0 saturated heterocycles. The third-order valence-electron chi connectivity index (χ3n) is 7.60. The molecule has 0 aromatic heterocycles. The Bertz CT molecular complexity index is 613. The molecular weight excluding hydrogens is 494 g/mol. The number of hydrogen-bond acceptors (Lipinski definition) is 3. The van der Waals surface area contributed by atoms with E-state index in [4.69, 9.17) is 0 Å². The Morgan fingerprint density at radius 3 is 1.48 bits per heavy atom. The number of amides is 1. The van der Waals surface area contributed by atoms with Crippen molar-refractivity contribution in [3.63, 3.8) is 0 Å². The van der Waals surface area contributed by atoms with Gasteiger partial charge in [0.2, 0.25) is 5.91 Å². The third-order valence-corrected chi connectivity index (χ3v) is 7.60. The number of carbonyl (C=O) groups is 1. The third kappa shape index (κ3) is 28.1. The molecular formula is C36H67NO3. The van der Waals surface area contributed by atoms with Gasteiger partial charge in [-0.3, -0.25) is 4.79 Å². The van der Waals surface area contributed by atoms with Gasteiger partial charge in [-0.05, 0) is 57.8 Å². The molecule has 4 heteroatoms. The molecule has 2 unspecified atom stereocenters. The van der Waals surface area contributed by atoms with Crippen molar-refractivity contribution in [3.8, 4) is 0 Å². The van der Waals surface area contributed by atoms with E-state index in [1.54, 1.807) is 6.08 Å². The molecule has 0 heterocycles. The first kappa shape index (κ1) is 38.6. The Balaban J connectivity index is 3.72. The van der Waals surface area contributed by atoms with E-state index in [0.717, 1.165) is 44.9 Å². The molecule has 0 aromatic carbocycles. The minimum Gasteiger partial charge on any atom is -0.394 e. The Morgan fingerprint density at radius 1 is 0.575 bits per heavy atom. The summed E-state index contributed by atoms with van der Waals surface area (Å²) in [4.78, 5) is 12.3. The molecule has 0 aromatic rings. The lowest BCUT2D eigenvalue weighted by molar-refractivity contribution is -0.123. The molecule has 0 fully saturated rings. The molecule has 0 spiro atoms. The normalized spacial score (nSPS) is 13.6. The monoisotopic (exact) mass is 562 g/mol. The Labute approximate surface area is 249 Å². The summed E-state index contributed by atoms with van der Waals surface area (Å²) in [5, 5.41) is 22.8. The SMILES string of the molecule is CCCCCC/C=C\CCCCCCCC(=O)NC(CO)C(O)/C=C/CC/C=C/CCCCCCCCCCC. The maximum absolute atomic E-state index is 12.3. The van der Waals surface area contributed by atoms with Crippen LogP contribution in [0.4, 0.5) is 0 Å². The summed E-state index contributed by atoms with van der Waals surface area (Å²) in [6, 6.07) is -0.639. The molecule has 0 radical (unpaired) electrons. The number of nitrogens with one attached hydrogen (secondary N) is 1. The standard InChI is InChI=1S/C36H67NO3/c1-3-5-7-9-11-13-15-17-18-20-21-23-25-27-29-31-35(39)34(33-38)37-36(40)32-30-28-26-24-22-19-16-14-12-10-8-6-4-2/h14,16,21,23,29,31,34-35,38-39H,3-13,15,17-20,22,24-28,30,32-33H2,1-2H3,(H,37,40)/b16-14-,23-21+,31-29+. The van der Waals surface area contributed by atoms with Crippen molar-refractivity contribution < 1.29 is 15.0 Å². The van der Waals surface area contributed by atoms with Crippen LogP contribution in [0.25, 0.3) is 0 Å². The van der Waals surface area contributed by atoms with Gasteiger partial charge in [-0.2, -0.15) is 0 Å². The number of aliphatic hydroxyl groups is 2. The van der Waals surface area contributed by atoms with Crippen molar-refractivity contribution >= 4 is 5.91 Å². The lowest BCUT2D eigenvalue weighted by atomic mass is 10.1. The predicted octanol–water partition coefficient (Wildman–Crippen LogP) is 9.90. The molecule has 1 amide bonds. The van der Waals surface area contributed by atoms with Crippen LogP contribution in [-0.4, -0.2) is 34.9 Å². The number of aliphatic hydroxyl groups excluding tert-OH is 2. The Hall–Kier alpha value is -1.39. The van der Waals surface area contributed by atoms with Crippen LogP contribution in [0.1, 0.15) is 168 Å². The van der Waals surface area contributed by atoms with E-state index in [1.807, 2.05) is 6.08 Å². The molecule has 2 atom stereocenters. The largest absolute Gasteiger partial charge is 0.394 e. The lowest BCUT2D eigenvalue weighted by Crippen LogP contribution is -2.45. The maximum atomic E-state index is 12.3. The Kier molecular flexibility index (Phi) is 31.0. The van der Waals surface area contributed by atoms with Crippen molar-refractivity contribution in [1.82, 2.24) is 5.32 Å². The van der Waals surface area contributed by atoms with Gasteiger partial charge >= 0.3 is 0 Å². The maximum Gasteiger partial charge on any atom is 0.220 e. The lowest BCUT2D eigenvalue weighted by Gasteiger charge is -2.19. The van der Waals surface area contributed by atoms with Crippen molar-refractivity contribution in [1.29, 1.82) is 0 Å². The van der Waals surface area contributed by atoms with Gasteiger partial charge in [0, 0.05) is 6.42 Å². The average molecular weight is 562 g/mol. The van der Waals surface area contributed by atoms with E-state index >= 15 is 0 Å². The fourth-order valence-corrected chi connectivity index (χ4v) is 4.89. The molecule has 4 nitrogen and oxygen atoms in total. The predicted molar refractivity (Wildman–Crippen MR) is 175 cm³/mol. The van der Waals surface area contributed by atoms with E-state index in [1.165, 1.54) is 103 Å². The van der Waals surface area contributed by atoms with Crippen molar-refractivity contribution in [2.24, 2.45) is 0 Å². The van der Waals surface area contributed by atoms with Gasteiger partial charge in [0.1, 0.15) is 0 Å². The summed E-state index contributed by atoms with van der Waals surface area (Å²) in [5.74, 6) is -0.0862. The number of carbonyl (C=O) groups excluding carboxylic acids is 1. The summed E-state index contributed by atoms with van der Waals surface area (Å²) in [5.41, 5.74) is 0. The van der Waals surface area contributed by atoms with Crippen LogP contribution in [0.3, 0.4) is 0 Å². The zero-order valence-electron chi connectivity index (χ0n) is 26.6. The van der Waals surface area contributed by atoms with Crippen LogP contribution >= 0.6 is 0 Å². The highest BCUT2D eigenvalue weighted by atomic mass is 16.3. The molecule has 234 valence electrons. The smallest absolute Gasteiger partial charge is 0.220 e. The molecule has 0 aliphatic rings. The van der Waals surface area contributed by atoms with Crippen molar-refractivity contribution in [2.75, 3.05) is 6.61 Å². The number of allylic oxidation sites excluding steroid dienone is 5. The van der Waals surface area contributed by atoms with Gasteiger partial charge in [0.25, 0.3) is 0 Å². The first-order chi connectivity index (χ1) is 19.7. The average Bonchev–Trinajstić information content (AvgIpc) is 2.96. The molecule has 0 saturated carbocycles. The fourth-order valence-electron chi connectivity index (χ4n) is 4.89. The summed E-state index contributed by atoms with van der Waals surface area (Å²) in [6.45, 7) is 4.25. The van der Waals surface area contributed by atoms with Crippen LogP contribution < -0.4 is 5.32 Å². The van der Waals surface area contributed by atoms with E-state index < -0.39 is 12.1 Å². The summed E-state index contributed by atoms with van der Waals surface area (Å²) >= 11 is 0. The fraction of sp³-hybridized carbons (Fsp3) is 0.806. The molecule has 3 N–H and O–H groups in total. The van der Waals surface area contributed by atoms with E-state index in [2.05, 4.69) is 43.5 Å². The van der Waals surface area contributed by atoms with Crippen LogP contribution in [0.5, 0.6) is 0 Å². The van der Waals surface area contributed by atoms with Gasteiger partial charge in [-0.1, -0.05) is 140 Å². The zero-order valence-corrected chi connectivity index (χ0v) is 26.6. The van der Waals surface area contributed by atoms with Gasteiger partial charge in [0.15, 0.2) is 0 Å². The molecule has 0 rings (SSSR count). The quantitative estimate of drug-likeness (QED) is 0.0603. The topological polar surface area (TPSA) is 69.6 Å². The van der Waals surface area contributed by atoms with Crippen LogP contribution in [0, 0.1) is 0 Å². The highest BCUT2D eigenvalue weighted by Crippen LogP contribution is 2.12. The van der Waals surface area contributed by atoms with Gasteiger partial charge < -0.3 is 15.5 Å². The van der Waals surface area contributed by atoms with E-state index in [-0.39, 0.29) is 12.5 Å². The summed E-state index contributed by atoms with van der Waals surface area (Å²) < 4.78 is 0. The molecule has 0 bridgehead atoms. The second-order valence-electron chi connectivity index (χ2n) is 11.6. The first-order valence-electron chi connectivity index (χ1n) is 17.2. The Morgan fingerprint density at radius 2 is 0.975 bits per heavy atom. The number of rotatable bonds is 30. The second-order valence-corrected chi connectivity index (χ2v) is 11.6. The zero-order chi connectivity index (χ0) is 29.4. The minimum absolute atomic E-state index is 0.0862. The van der Waals surface area contributed by atoms with Gasteiger partial charge in [-0.15, -0.1) is 0 Å². The van der Waals surface area contributed by atoms with Crippen molar-refractivity contribution in [2.45, 2.75) is 180 Å².